The van der Waals surface area contributed by atoms with Crippen LogP contribution in [-0.4, -0.2) is 61.3 Å². The van der Waals surface area contributed by atoms with E-state index < -0.39 is 16.4 Å². The lowest BCUT2D eigenvalue weighted by Gasteiger charge is -2.57. The van der Waals surface area contributed by atoms with Crippen molar-refractivity contribution in [2.75, 3.05) is 31.8 Å². The summed E-state index contributed by atoms with van der Waals surface area (Å²) in [6, 6.07) is 3.17. The summed E-state index contributed by atoms with van der Waals surface area (Å²) in [6.07, 6.45) is 5.99. The number of anilines is 1. The Labute approximate surface area is 193 Å². The van der Waals surface area contributed by atoms with E-state index in [0.29, 0.717) is 48.8 Å². The molecule has 1 N–H and O–H groups in total. The van der Waals surface area contributed by atoms with Crippen LogP contribution >= 0.6 is 0 Å². The molecular weight excluding hydrogens is 450 g/mol. The lowest BCUT2D eigenvalue weighted by Crippen LogP contribution is -2.49. The van der Waals surface area contributed by atoms with Gasteiger partial charge in [-0.3, -0.25) is 0 Å². The largest absolute Gasteiger partial charge is 0.381 e. The van der Waals surface area contributed by atoms with Crippen molar-refractivity contribution in [3.05, 3.63) is 29.5 Å². The van der Waals surface area contributed by atoms with Gasteiger partial charge in [0.1, 0.15) is 0 Å². The number of nitrogens with zero attached hydrogens (tertiary/aromatic N) is 3. The van der Waals surface area contributed by atoms with Crippen LogP contribution in [-0.2, 0) is 14.8 Å². The molecule has 7 nitrogen and oxygen atoms in total. The Morgan fingerprint density at radius 2 is 1.88 bits per heavy atom. The van der Waals surface area contributed by atoms with Crippen molar-refractivity contribution in [2.24, 2.45) is 5.41 Å². The third-order valence-electron chi connectivity index (χ3n) is 7.70. The number of halogens is 2. The Kier molecular flexibility index (Phi) is 5.81. The molecule has 2 aromatic rings. The highest BCUT2D eigenvalue weighted by Gasteiger charge is 2.53. The van der Waals surface area contributed by atoms with Crippen molar-refractivity contribution in [1.82, 2.24) is 14.3 Å². The first-order valence-corrected chi connectivity index (χ1v) is 13.3. The second kappa shape index (κ2) is 8.39. The Morgan fingerprint density at radius 3 is 2.48 bits per heavy atom. The van der Waals surface area contributed by atoms with Crippen LogP contribution in [0.25, 0.3) is 10.9 Å². The smallest absolute Gasteiger partial charge is 0.263 e. The molecule has 5 rings (SSSR count). The zero-order valence-electron chi connectivity index (χ0n) is 18.9. The molecule has 2 aliphatic carbocycles. The Bertz CT molecular complexity index is 1140. The quantitative estimate of drug-likeness (QED) is 0.671. The fourth-order valence-corrected chi connectivity index (χ4v) is 6.70. The molecule has 10 heteroatoms. The van der Waals surface area contributed by atoms with E-state index in [4.69, 9.17) is 9.72 Å². The summed E-state index contributed by atoms with van der Waals surface area (Å²) in [6.45, 7) is 0.916. The number of hydrogen-bond acceptors (Lipinski definition) is 6. The van der Waals surface area contributed by atoms with E-state index >= 15 is 0 Å². The summed E-state index contributed by atoms with van der Waals surface area (Å²) in [5.74, 6) is 0.674. The molecule has 2 heterocycles. The molecule has 1 spiro atoms. The number of benzene rings is 1. The van der Waals surface area contributed by atoms with Gasteiger partial charge in [-0.25, -0.2) is 31.5 Å². The van der Waals surface area contributed by atoms with Crippen LogP contribution < -0.4 is 5.32 Å². The number of sulfonamides is 1. The van der Waals surface area contributed by atoms with Crippen molar-refractivity contribution in [3.63, 3.8) is 0 Å². The van der Waals surface area contributed by atoms with Crippen LogP contribution in [0.3, 0.4) is 0 Å². The molecule has 3 fully saturated rings. The van der Waals surface area contributed by atoms with E-state index in [2.05, 4.69) is 10.3 Å². The average molecular weight is 481 g/mol. The van der Waals surface area contributed by atoms with Gasteiger partial charge in [-0.15, -0.1) is 0 Å². The SMILES string of the molecule is COC1CC2(C1)CC(c1cc(C(F)F)cc3cnc(NC4CCN(S(C)(=O)=O)CC4)nc13)C2. The standard InChI is InChI=1S/C23H30F2N4O3S/c1-32-18-11-23(12-18)9-16(10-23)19-8-14(21(24)25)7-15-13-26-22(28-20(15)19)27-17-3-5-29(6-4-17)33(2,30)31/h7-8,13,16-18,21H,3-6,9-12H2,1-2H3,(H,26,27,28). The first kappa shape index (κ1) is 22.9. The number of nitrogens with one attached hydrogen (secondary N) is 1. The monoisotopic (exact) mass is 480 g/mol. The molecule has 1 saturated heterocycles. The Hall–Kier alpha value is -1.91. The van der Waals surface area contributed by atoms with E-state index in [-0.39, 0.29) is 17.5 Å². The summed E-state index contributed by atoms with van der Waals surface area (Å²) in [4.78, 5) is 9.11. The van der Waals surface area contributed by atoms with Gasteiger partial charge in [-0.1, -0.05) is 0 Å². The minimum absolute atomic E-state index is 0.0132. The highest BCUT2D eigenvalue weighted by molar-refractivity contribution is 7.88. The van der Waals surface area contributed by atoms with Crippen LogP contribution in [0.5, 0.6) is 0 Å². The number of ether oxygens (including phenoxy) is 1. The molecule has 0 bridgehead atoms. The summed E-state index contributed by atoms with van der Waals surface area (Å²) in [5, 5.41) is 3.96. The Morgan fingerprint density at radius 1 is 1.18 bits per heavy atom. The number of rotatable bonds is 6. The average Bonchev–Trinajstić information content (AvgIpc) is 2.71. The van der Waals surface area contributed by atoms with E-state index in [1.54, 1.807) is 19.4 Å². The lowest BCUT2D eigenvalue weighted by atomic mass is 9.49. The second-order valence-corrected chi connectivity index (χ2v) is 12.0. The van der Waals surface area contributed by atoms with E-state index in [0.717, 1.165) is 36.8 Å². The third kappa shape index (κ3) is 4.44. The van der Waals surface area contributed by atoms with Crippen molar-refractivity contribution in [3.8, 4) is 0 Å². The van der Waals surface area contributed by atoms with Gasteiger partial charge in [0.25, 0.3) is 6.43 Å². The Balaban J connectivity index is 1.36. The van der Waals surface area contributed by atoms with E-state index in [9.17, 15) is 17.2 Å². The number of hydrogen-bond donors (Lipinski definition) is 1. The molecular formula is C23H30F2N4O3S. The molecule has 0 amide bonds. The van der Waals surface area contributed by atoms with Gasteiger partial charge in [0.15, 0.2) is 0 Å². The molecule has 1 aromatic heterocycles. The fraction of sp³-hybridized carbons (Fsp3) is 0.652. The number of methoxy groups -OCH3 is 1. The number of aromatic nitrogens is 2. The summed E-state index contributed by atoms with van der Waals surface area (Å²) >= 11 is 0. The van der Waals surface area contributed by atoms with Gasteiger partial charge in [0.2, 0.25) is 16.0 Å². The van der Waals surface area contributed by atoms with E-state index in [1.807, 2.05) is 0 Å². The van der Waals surface area contributed by atoms with Crippen LogP contribution in [0, 0.1) is 5.41 Å². The van der Waals surface area contributed by atoms with Crippen LogP contribution in [0.4, 0.5) is 14.7 Å². The van der Waals surface area contributed by atoms with Gasteiger partial charge in [-0.05, 0) is 67.6 Å². The highest BCUT2D eigenvalue weighted by Crippen LogP contribution is 2.63. The molecule has 0 radical (unpaired) electrons. The molecule has 1 aromatic carbocycles. The van der Waals surface area contributed by atoms with Gasteiger partial charge < -0.3 is 10.1 Å². The molecule has 0 unspecified atom stereocenters. The zero-order valence-corrected chi connectivity index (χ0v) is 19.7. The third-order valence-corrected chi connectivity index (χ3v) is 9.00. The normalized spacial score (nSPS) is 28.8. The van der Waals surface area contributed by atoms with Crippen molar-refractivity contribution < 1.29 is 21.9 Å². The highest BCUT2D eigenvalue weighted by atomic mass is 32.2. The predicted molar refractivity (Wildman–Crippen MR) is 122 cm³/mol. The molecule has 180 valence electrons. The van der Waals surface area contributed by atoms with Gasteiger partial charge >= 0.3 is 0 Å². The van der Waals surface area contributed by atoms with Crippen LogP contribution in [0.1, 0.15) is 62.0 Å². The number of piperidine rings is 1. The maximum atomic E-state index is 13.6. The first-order chi connectivity index (χ1) is 15.7. The minimum atomic E-state index is -3.18. The van der Waals surface area contributed by atoms with Gasteiger partial charge in [-0.2, -0.15) is 0 Å². The molecule has 33 heavy (non-hydrogen) atoms. The lowest BCUT2D eigenvalue weighted by molar-refractivity contribution is -0.110. The zero-order chi connectivity index (χ0) is 23.4. The topological polar surface area (TPSA) is 84.4 Å². The molecule has 1 aliphatic heterocycles. The van der Waals surface area contributed by atoms with Gasteiger partial charge in [0, 0.05) is 43.4 Å². The van der Waals surface area contributed by atoms with E-state index in [1.165, 1.54) is 16.6 Å². The summed E-state index contributed by atoms with van der Waals surface area (Å²) in [7, 11) is -1.44. The van der Waals surface area contributed by atoms with Gasteiger partial charge in [0.05, 0.1) is 17.9 Å². The maximum absolute atomic E-state index is 13.6. The second-order valence-electron chi connectivity index (χ2n) is 9.99. The fourth-order valence-electron chi connectivity index (χ4n) is 5.83. The number of alkyl halides is 2. The molecule has 2 saturated carbocycles. The summed E-state index contributed by atoms with van der Waals surface area (Å²) in [5.41, 5.74) is 1.92. The number of fused-ring (bicyclic) bond motifs is 1. The first-order valence-electron chi connectivity index (χ1n) is 11.5. The predicted octanol–water partition coefficient (Wildman–Crippen LogP) is 4.08. The van der Waals surface area contributed by atoms with Crippen LogP contribution in [0.2, 0.25) is 0 Å². The maximum Gasteiger partial charge on any atom is 0.263 e. The minimum Gasteiger partial charge on any atom is -0.381 e. The van der Waals surface area contributed by atoms with Crippen molar-refractivity contribution in [1.29, 1.82) is 0 Å². The molecule has 0 atom stereocenters. The van der Waals surface area contributed by atoms with Crippen molar-refractivity contribution >= 4 is 26.9 Å². The molecule has 3 aliphatic rings. The van der Waals surface area contributed by atoms with Crippen LogP contribution in [0.15, 0.2) is 18.3 Å². The van der Waals surface area contributed by atoms with Crippen molar-refractivity contribution in [2.45, 2.75) is 63.0 Å². The summed E-state index contributed by atoms with van der Waals surface area (Å²) < 4.78 is 57.5.